The molecule has 2 N–H and O–H groups in total. The van der Waals surface area contributed by atoms with Gasteiger partial charge in [0, 0.05) is 13.7 Å². The summed E-state index contributed by atoms with van der Waals surface area (Å²) in [6.07, 6.45) is 0.844. The lowest BCUT2D eigenvalue weighted by atomic mass is 10.2. The molecule has 0 rings (SSSR count). The van der Waals surface area contributed by atoms with Crippen LogP contribution in [0.3, 0.4) is 0 Å². The Kier molecular flexibility index (Phi) is 5.93. The molecule has 0 heterocycles. The third-order valence-electron chi connectivity index (χ3n) is 1.05. The molecular formula is C6H14O3. The molecular weight excluding hydrogens is 120 g/mol. The second-order valence-electron chi connectivity index (χ2n) is 1.98. The summed E-state index contributed by atoms with van der Waals surface area (Å²) in [4.78, 5) is 0. The summed E-state index contributed by atoms with van der Waals surface area (Å²) in [5.74, 6) is 0. The number of ether oxygens (including phenoxy) is 1. The van der Waals surface area contributed by atoms with Gasteiger partial charge in [-0.3, -0.25) is 0 Å². The largest absolute Gasteiger partial charge is 0.396 e. The number of hydrogen-bond donors (Lipinski definition) is 2. The van der Waals surface area contributed by atoms with Crippen molar-refractivity contribution in [3.8, 4) is 0 Å². The molecule has 1 atom stereocenters. The summed E-state index contributed by atoms with van der Waals surface area (Å²) in [6, 6.07) is 0. The molecule has 0 saturated heterocycles. The number of hydrogen-bond acceptors (Lipinski definition) is 3. The van der Waals surface area contributed by atoms with Crippen LogP contribution >= 0.6 is 0 Å². The molecule has 0 aliphatic heterocycles. The normalized spacial score (nSPS) is 13.7. The number of aliphatic hydroxyl groups excluding tert-OH is 2. The van der Waals surface area contributed by atoms with Gasteiger partial charge in [0.25, 0.3) is 0 Å². The van der Waals surface area contributed by atoms with Gasteiger partial charge in [-0.2, -0.15) is 0 Å². The molecule has 0 aliphatic rings. The summed E-state index contributed by atoms with van der Waals surface area (Å²) in [5, 5.41) is 17.3. The molecule has 0 aromatic rings. The zero-order chi connectivity index (χ0) is 7.11. The predicted molar refractivity (Wildman–Crippen MR) is 34.2 cm³/mol. The van der Waals surface area contributed by atoms with Crippen molar-refractivity contribution < 1.29 is 14.9 Å². The van der Waals surface area contributed by atoms with E-state index in [2.05, 4.69) is 4.74 Å². The van der Waals surface area contributed by atoms with E-state index in [9.17, 15) is 0 Å². The van der Waals surface area contributed by atoms with E-state index in [0.717, 1.165) is 0 Å². The van der Waals surface area contributed by atoms with Gasteiger partial charge in [0.2, 0.25) is 0 Å². The van der Waals surface area contributed by atoms with Crippen LogP contribution in [0.1, 0.15) is 12.8 Å². The molecule has 9 heavy (non-hydrogen) atoms. The maximum Gasteiger partial charge on any atom is 0.0774 e. The molecule has 1 unspecified atom stereocenters. The first-order valence-corrected chi connectivity index (χ1v) is 3.09. The highest BCUT2D eigenvalue weighted by atomic mass is 16.5. The fraction of sp³-hybridized carbons (Fsp3) is 1.00. The molecule has 0 aliphatic carbocycles. The van der Waals surface area contributed by atoms with E-state index < -0.39 is 6.10 Å². The third kappa shape index (κ3) is 5.76. The van der Waals surface area contributed by atoms with E-state index in [1.165, 1.54) is 0 Å². The van der Waals surface area contributed by atoms with Gasteiger partial charge in [0.1, 0.15) is 0 Å². The quantitative estimate of drug-likeness (QED) is 0.546. The van der Waals surface area contributed by atoms with Crippen LogP contribution in [0.5, 0.6) is 0 Å². The van der Waals surface area contributed by atoms with E-state index in [1.807, 2.05) is 0 Å². The molecule has 3 nitrogen and oxygen atoms in total. The van der Waals surface area contributed by atoms with Gasteiger partial charge in [-0.15, -0.1) is 0 Å². The SMILES string of the molecule is COCC(O)CCCO. The van der Waals surface area contributed by atoms with Crippen molar-refractivity contribution >= 4 is 0 Å². The van der Waals surface area contributed by atoms with E-state index in [-0.39, 0.29) is 6.61 Å². The van der Waals surface area contributed by atoms with Crippen molar-refractivity contribution in [2.24, 2.45) is 0 Å². The Labute approximate surface area is 55.3 Å². The monoisotopic (exact) mass is 134 g/mol. The molecule has 0 fully saturated rings. The summed E-state index contributed by atoms with van der Waals surface area (Å²) in [7, 11) is 1.54. The maximum atomic E-state index is 8.94. The zero-order valence-corrected chi connectivity index (χ0v) is 5.71. The lowest BCUT2D eigenvalue weighted by Gasteiger charge is -2.06. The Hall–Kier alpha value is -0.120. The Morgan fingerprint density at radius 3 is 2.67 bits per heavy atom. The molecule has 0 aromatic heterocycles. The molecule has 0 radical (unpaired) electrons. The highest BCUT2D eigenvalue weighted by Gasteiger charge is 2.00. The minimum absolute atomic E-state index is 0.140. The minimum Gasteiger partial charge on any atom is -0.396 e. The first-order chi connectivity index (χ1) is 4.31. The van der Waals surface area contributed by atoms with Crippen molar-refractivity contribution in [1.29, 1.82) is 0 Å². The Balaban J connectivity index is 2.95. The highest BCUT2D eigenvalue weighted by Crippen LogP contribution is 1.95. The smallest absolute Gasteiger partial charge is 0.0774 e. The average Bonchev–Trinajstić information content (AvgIpc) is 1.85. The minimum atomic E-state index is -0.415. The number of methoxy groups -OCH3 is 1. The summed E-state index contributed by atoms with van der Waals surface area (Å²) < 4.78 is 4.67. The molecule has 0 bridgehead atoms. The van der Waals surface area contributed by atoms with Gasteiger partial charge in [-0.05, 0) is 12.8 Å². The Morgan fingerprint density at radius 1 is 1.56 bits per heavy atom. The zero-order valence-electron chi connectivity index (χ0n) is 5.71. The van der Waals surface area contributed by atoms with Crippen molar-refractivity contribution in [3.63, 3.8) is 0 Å². The lowest BCUT2D eigenvalue weighted by Crippen LogP contribution is -2.13. The van der Waals surface area contributed by atoms with Crippen LogP contribution in [0.15, 0.2) is 0 Å². The Bertz CT molecular complexity index is 56.3. The van der Waals surface area contributed by atoms with Crippen LogP contribution in [0.4, 0.5) is 0 Å². The van der Waals surface area contributed by atoms with Crippen LogP contribution in [0.2, 0.25) is 0 Å². The van der Waals surface area contributed by atoms with Crippen molar-refractivity contribution in [1.82, 2.24) is 0 Å². The van der Waals surface area contributed by atoms with Gasteiger partial charge >= 0.3 is 0 Å². The summed E-state index contributed by atoms with van der Waals surface area (Å²) in [6.45, 7) is 0.501. The molecule has 56 valence electrons. The van der Waals surface area contributed by atoms with Crippen LogP contribution in [0.25, 0.3) is 0 Å². The van der Waals surface area contributed by atoms with Gasteiger partial charge < -0.3 is 14.9 Å². The topological polar surface area (TPSA) is 49.7 Å². The first-order valence-electron chi connectivity index (χ1n) is 3.09. The first kappa shape index (κ1) is 8.88. The van der Waals surface area contributed by atoms with Crippen LogP contribution in [-0.2, 0) is 4.74 Å². The predicted octanol–water partition coefficient (Wildman–Crippen LogP) is -0.234. The van der Waals surface area contributed by atoms with Gasteiger partial charge in [-0.1, -0.05) is 0 Å². The van der Waals surface area contributed by atoms with Crippen LogP contribution in [0, 0.1) is 0 Å². The standard InChI is InChI=1S/C6H14O3/c1-9-5-6(8)3-2-4-7/h6-8H,2-5H2,1H3. The second kappa shape index (κ2) is 6.01. The fourth-order valence-electron chi connectivity index (χ4n) is 0.603. The average molecular weight is 134 g/mol. The van der Waals surface area contributed by atoms with Gasteiger partial charge in [0.15, 0.2) is 0 Å². The summed E-state index contributed by atoms with van der Waals surface area (Å²) in [5.41, 5.74) is 0. The molecule has 0 saturated carbocycles. The number of rotatable bonds is 5. The molecule has 3 heteroatoms. The fourth-order valence-corrected chi connectivity index (χ4v) is 0.603. The highest BCUT2D eigenvalue weighted by molar-refractivity contribution is 4.51. The van der Waals surface area contributed by atoms with E-state index in [0.29, 0.717) is 19.4 Å². The lowest BCUT2D eigenvalue weighted by molar-refractivity contribution is 0.0547. The van der Waals surface area contributed by atoms with Crippen molar-refractivity contribution in [3.05, 3.63) is 0 Å². The Morgan fingerprint density at radius 2 is 2.22 bits per heavy atom. The van der Waals surface area contributed by atoms with E-state index in [1.54, 1.807) is 7.11 Å². The maximum absolute atomic E-state index is 8.94. The van der Waals surface area contributed by atoms with Crippen molar-refractivity contribution in [2.75, 3.05) is 20.3 Å². The van der Waals surface area contributed by atoms with E-state index in [4.69, 9.17) is 10.2 Å². The van der Waals surface area contributed by atoms with E-state index >= 15 is 0 Å². The molecule has 0 aromatic carbocycles. The second-order valence-corrected chi connectivity index (χ2v) is 1.98. The third-order valence-corrected chi connectivity index (χ3v) is 1.05. The van der Waals surface area contributed by atoms with Gasteiger partial charge in [-0.25, -0.2) is 0 Å². The van der Waals surface area contributed by atoms with Crippen LogP contribution in [-0.4, -0.2) is 36.6 Å². The molecule has 0 spiro atoms. The van der Waals surface area contributed by atoms with Gasteiger partial charge in [0.05, 0.1) is 12.7 Å². The van der Waals surface area contributed by atoms with Crippen molar-refractivity contribution in [2.45, 2.75) is 18.9 Å². The molecule has 0 amide bonds. The summed E-state index contributed by atoms with van der Waals surface area (Å²) >= 11 is 0. The van der Waals surface area contributed by atoms with Crippen LogP contribution < -0.4 is 0 Å². The number of aliphatic hydroxyl groups is 2.